The highest BCUT2D eigenvalue weighted by Crippen LogP contribution is 2.45. The third-order valence-electron chi connectivity index (χ3n) is 8.55. The molecule has 2 aromatic carbocycles. The number of aromatic hydroxyl groups is 1. The minimum Gasteiger partial charge on any atom is -0.508 e. The lowest BCUT2D eigenvalue weighted by Gasteiger charge is -2.30. The largest absolute Gasteiger partial charge is 0.508 e. The van der Waals surface area contributed by atoms with Gasteiger partial charge in [-0.1, -0.05) is 44.9 Å². The first-order chi connectivity index (χ1) is 19.4. The summed E-state index contributed by atoms with van der Waals surface area (Å²) in [6.07, 6.45) is 6.49. The Morgan fingerprint density at radius 1 is 1.12 bits per heavy atom. The average Bonchev–Trinajstić information content (AvgIpc) is 3.67. The Balaban J connectivity index is 0.00000158. The second-order valence-electron chi connectivity index (χ2n) is 11.4. The number of aliphatic hydroxyl groups is 1. The van der Waals surface area contributed by atoms with Gasteiger partial charge < -0.3 is 24.7 Å². The van der Waals surface area contributed by atoms with Crippen molar-refractivity contribution < 1.29 is 19.7 Å². The Morgan fingerprint density at radius 3 is 2.67 bits per heavy atom. The molecule has 8 heteroatoms. The van der Waals surface area contributed by atoms with Crippen molar-refractivity contribution >= 4 is 22.5 Å². The molecule has 1 unspecified atom stereocenters. The molecule has 3 heterocycles. The highest BCUT2D eigenvalue weighted by atomic mass is 16.5. The van der Waals surface area contributed by atoms with Gasteiger partial charge >= 0.3 is 6.01 Å². The lowest BCUT2D eigenvalue weighted by Crippen LogP contribution is -2.34. The van der Waals surface area contributed by atoms with Gasteiger partial charge in [0.2, 0.25) is 0 Å². The highest BCUT2D eigenvalue weighted by molar-refractivity contribution is 6.09. The van der Waals surface area contributed by atoms with Gasteiger partial charge in [-0.3, -0.25) is 4.79 Å². The molecule has 2 fully saturated rings. The maximum absolute atomic E-state index is 13.9. The number of anilines is 1. The zero-order valence-electron chi connectivity index (χ0n) is 24.2. The average molecular weight is 547 g/mol. The molecule has 2 N–H and O–H groups in total. The number of aromatic nitrogens is 2. The van der Waals surface area contributed by atoms with E-state index in [-0.39, 0.29) is 23.7 Å². The second-order valence-corrected chi connectivity index (χ2v) is 11.4. The third-order valence-corrected chi connectivity index (χ3v) is 8.55. The van der Waals surface area contributed by atoms with Gasteiger partial charge in [0, 0.05) is 23.6 Å². The van der Waals surface area contributed by atoms with E-state index in [1.807, 2.05) is 39.0 Å². The van der Waals surface area contributed by atoms with Crippen LogP contribution in [0.2, 0.25) is 0 Å². The predicted molar refractivity (Wildman–Crippen MR) is 157 cm³/mol. The van der Waals surface area contributed by atoms with Crippen LogP contribution in [0.1, 0.15) is 86.5 Å². The van der Waals surface area contributed by atoms with Crippen molar-refractivity contribution in [2.24, 2.45) is 5.41 Å². The number of nitrogens with zero attached hydrogens (tertiary/aromatic N) is 4. The number of aliphatic hydroxyl groups excluding tert-OH is 1. The van der Waals surface area contributed by atoms with Crippen molar-refractivity contribution in [2.75, 3.05) is 24.7 Å². The number of ether oxygens (including phenoxy) is 1. The maximum Gasteiger partial charge on any atom is 0.318 e. The number of hydrogen-bond acceptors (Lipinski definition) is 7. The summed E-state index contributed by atoms with van der Waals surface area (Å²) in [5.41, 5.74) is 3.11. The zero-order chi connectivity index (χ0) is 28.4. The summed E-state index contributed by atoms with van der Waals surface area (Å²) in [5.74, 6) is 0.809. The molecule has 0 spiro atoms. The Labute approximate surface area is 237 Å². The van der Waals surface area contributed by atoms with Gasteiger partial charge in [0.05, 0.1) is 37.6 Å². The van der Waals surface area contributed by atoms with Gasteiger partial charge in [-0.25, -0.2) is 0 Å². The first-order valence-electron chi connectivity index (χ1n) is 14.8. The van der Waals surface area contributed by atoms with Crippen LogP contribution in [0.5, 0.6) is 11.8 Å². The van der Waals surface area contributed by atoms with Gasteiger partial charge in [0.15, 0.2) is 0 Å². The molecule has 1 aliphatic carbocycles. The number of phenolic OH excluding ortho intramolecular Hbond substituents is 1. The fourth-order valence-corrected chi connectivity index (χ4v) is 5.93. The third kappa shape index (κ3) is 5.46. The van der Waals surface area contributed by atoms with Crippen LogP contribution in [0.4, 0.5) is 5.82 Å². The smallest absolute Gasteiger partial charge is 0.318 e. The predicted octanol–water partition coefficient (Wildman–Crippen LogP) is 5.75. The number of rotatable bonds is 6. The highest BCUT2D eigenvalue weighted by Gasteiger charge is 2.43. The zero-order valence-corrected chi connectivity index (χ0v) is 24.2. The minimum absolute atomic E-state index is 0.0793. The van der Waals surface area contributed by atoms with Crippen molar-refractivity contribution in [3.63, 3.8) is 0 Å². The monoisotopic (exact) mass is 546 g/mol. The van der Waals surface area contributed by atoms with E-state index >= 15 is 0 Å². The van der Waals surface area contributed by atoms with Crippen molar-refractivity contribution in [2.45, 2.75) is 85.4 Å². The summed E-state index contributed by atoms with van der Waals surface area (Å²) in [6.45, 7) is 10.4. The standard InChI is InChI=1S/C30H36N4O4.C2H6/c1-19-7-6-9-21-13-22(36)14-23(26(19)21)28(37)33-15-24-25(16-33)31-29(38-18-30(17-35)10-11-30)32-27(24)34-12-5-3-4-8-20(34)2;1-2/h6-7,9,13-14,20,35-36H,3-5,8,10-12,15-18H2,1-2H3;1-2H3. The fourth-order valence-electron chi connectivity index (χ4n) is 5.93. The van der Waals surface area contributed by atoms with E-state index in [2.05, 4.69) is 11.8 Å². The molecule has 1 saturated carbocycles. The molecule has 214 valence electrons. The first-order valence-corrected chi connectivity index (χ1v) is 14.8. The van der Waals surface area contributed by atoms with E-state index in [0.717, 1.165) is 65.6 Å². The molecule has 1 aromatic heterocycles. The molecule has 8 nitrogen and oxygen atoms in total. The SMILES string of the molecule is CC.Cc1cccc2cc(O)cc(C(=O)N3Cc4nc(OCC5(CO)CC5)nc(N5CCCCCC5C)c4C3)c12. The number of amides is 1. The van der Waals surface area contributed by atoms with E-state index < -0.39 is 0 Å². The van der Waals surface area contributed by atoms with E-state index in [0.29, 0.717) is 37.3 Å². The normalized spacial score (nSPS) is 19.5. The van der Waals surface area contributed by atoms with E-state index in [1.54, 1.807) is 17.0 Å². The number of benzene rings is 2. The fraction of sp³-hybridized carbons (Fsp3) is 0.531. The Morgan fingerprint density at radius 2 is 1.93 bits per heavy atom. The summed E-state index contributed by atoms with van der Waals surface area (Å²) in [4.78, 5) is 27.7. The van der Waals surface area contributed by atoms with E-state index in [9.17, 15) is 15.0 Å². The molecule has 1 saturated heterocycles. The summed E-state index contributed by atoms with van der Waals surface area (Å²) >= 11 is 0. The van der Waals surface area contributed by atoms with Gasteiger partial charge in [0.1, 0.15) is 11.6 Å². The van der Waals surface area contributed by atoms with Crippen LogP contribution in [0.3, 0.4) is 0 Å². The molecule has 1 atom stereocenters. The molecule has 3 aromatic rings. The van der Waals surface area contributed by atoms with Crippen molar-refractivity contribution in [3.05, 3.63) is 52.7 Å². The first kappa shape index (κ1) is 28.1. The summed E-state index contributed by atoms with van der Waals surface area (Å²) in [7, 11) is 0. The van der Waals surface area contributed by atoms with Gasteiger partial charge in [0.25, 0.3) is 5.91 Å². The molecule has 1 amide bonds. The lowest BCUT2D eigenvalue weighted by atomic mass is 9.98. The van der Waals surface area contributed by atoms with Gasteiger partial charge in [-0.05, 0) is 68.0 Å². The maximum atomic E-state index is 13.9. The number of phenols is 1. The van der Waals surface area contributed by atoms with Crippen LogP contribution in [0.25, 0.3) is 10.8 Å². The van der Waals surface area contributed by atoms with Crippen molar-refractivity contribution in [1.29, 1.82) is 0 Å². The summed E-state index contributed by atoms with van der Waals surface area (Å²) in [5, 5.41) is 21.8. The van der Waals surface area contributed by atoms with Gasteiger partial charge in [-0.15, -0.1) is 0 Å². The molecule has 3 aliphatic rings. The minimum atomic E-state index is -0.172. The van der Waals surface area contributed by atoms with E-state index in [4.69, 9.17) is 14.7 Å². The number of aryl methyl sites for hydroxylation is 1. The molecular weight excluding hydrogens is 504 g/mol. The van der Waals surface area contributed by atoms with Crippen LogP contribution in [0, 0.1) is 12.3 Å². The summed E-state index contributed by atoms with van der Waals surface area (Å²) < 4.78 is 6.07. The summed E-state index contributed by atoms with van der Waals surface area (Å²) in [6, 6.07) is 9.77. The number of carbonyl (C=O) groups excluding carboxylic acids is 1. The number of fused-ring (bicyclic) bond motifs is 2. The van der Waals surface area contributed by atoms with Gasteiger partial charge in [-0.2, -0.15) is 9.97 Å². The second kappa shape index (κ2) is 11.6. The van der Waals surface area contributed by atoms with Crippen LogP contribution in [-0.4, -0.2) is 56.8 Å². The van der Waals surface area contributed by atoms with Crippen molar-refractivity contribution in [1.82, 2.24) is 14.9 Å². The molecular formula is C32H42N4O4. The van der Waals surface area contributed by atoms with Crippen LogP contribution in [-0.2, 0) is 13.1 Å². The van der Waals surface area contributed by atoms with Crippen LogP contribution >= 0.6 is 0 Å². The number of hydrogen-bond donors (Lipinski definition) is 2. The molecule has 2 aliphatic heterocycles. The lowest BCUT2D eigenvalue weighted by molar-refractivity contribution is 0.0751. The molecule has 6 rings (SSSR count). The number of carbonyl (C=O) groups is 1. The Bertz CT molecular complexity index is 1390. The Hall–Kier alpha value is -3.39. The van der Waals surface area contributed by atoms with E-state index in [1.165, 1.54) is 12.8 Å². The van der Waals surface area contributed by atoms with Crippen LogP contribution in [0.15, 0.2) is 30.3 Å². The van der Waals surface area contributed by atoms with Crippen molar-refractivity contribution in [3.8, 4) is 11.8 Å². The molecule has 0 bridgehead atoms. The van der Waals surface area contributed by atoms with Crippen LogP contribution < -0.4 is 9.64 Å². The quantitative estimate of drug-likeness (QED) is 0.406. The Kier molecular flexibility index (Phi) is 8.17. The topological polar surface area (TPSA) is 99.0 Å². The molecule has 0 radical (unpaired) electrons. The molecule has 40 heavy (non-hydrogen) atoms.